The fourth-order valence-corrected chi connectivity index (χ4v) is 2.17. The molecule has 0 aliphatic heterocycles. The maximum absolute atomic E-state index is 12.0. The number of H-pyrrole nitrogens is 1. The Morgan fingerprint density at radius 3 is 2.69 bits per heavy atom. The summed E-state index contributed by atoms with van der Waals surface area (Å²) in [5.74, 6) is -1.02. The highest BCUT2D eigenvalue weighted by molar-refractivity contribution is 6.30. The molecule has 0 radical (unpaired) electrons. The lowest BCUT2D eigenvalue weighted by Crippen LogP contribution is -2.37. The summed E-state index contributed by atoms with van der Waals surface area (Å²) in [7, 11) is 2.96. The number of carbonyl (C=O) groups excluding carboxylic acids is 3. The Morgan fingerprint density at radius 2 is 2.04 bits per heavy atom. The Balaban J connectivity index is 1.80. The summed E-state index contributed by atoms with van der Waals surface area (Å²) >= 11 is 5.69. The first-order valence-corrected chi connectivity index (χ1v) is 7.95. The second kappa shape index (κ2) is 8.91. The molecule has 0 saturated carbocycles. The van der Waals surface area contributed by atoms with Gasteiger partial charge in [-0.25, -0.2) is 4.79 Å². The van der Waals surface area contributed by atoms with E-state index < -0.39 is 24.4 Å². The summed E-state index contributed by atoms with van der Waals surface area (Å²) in [6, 6.07) is 8.22. The van der Waals surface area contributed by atoms with E-state index in [0.717, 1.165) is 4.90 Å². The van der Waals surface area contributed by atoms with Gasteiger partial charge in [0.05, 0.1) is 18.7 Å². The van der Waals surface area contributed by atoms with Gasteiger partial charge in [0, 0.05) is 25.0 Å². The fraction of sp³-hybridized carbons (Fsp3) is 0.235. The van der Waals surface area contributed by atoms with Crippen molar-refractivity contribution in [1.82, 2.24) is 9.88 Å². The topological polar surface area (TPSA) is 101 Å². The third-order valence-corrected chi connectivity index (χ3v) is 3.57. The number of methoxy groups -OCH3 is 1. The molecule has 1 aromatic carbocycles. The Hall–Kier alpha value is -3.00. The van der Waals surface area contributed by atoms with Crippen LogP contribution >= 0.6 is 11.6 Å². The number of nitrogens with one attached hydrogen (secondary N) is 2. The van der Waals surface area contributed by atoms with Gasteiger partial charge in [0.25, 0.3) is 5.91 Å². The number of rotatable bonds is 7. The molecule has 0 aliphatic rings. The van der Waals surface area contributed by atoms with Gasteiger partial charge in [0.1, 0.15) is 11.4 Å². The molecule has 9 heteroatoms. The molecule has 2 aromatic rings. The van der Waals surface area contributed by atoms with Gasteiger partial charge in [-0.05, 0) is 18.2 Å². The van der Waals surface area contributed by atoms with Gasteiger partial charge >= 0.3 is 5.97 Å². The Labute approximate surface area is 155 Å². The summed E-state index contributed by atoms with van der Waals surface area (Å²) in [5.41, 5.74) is 0.687. The van der Waals surface area contributed by atoms with Crippen molar-refractivity contribution < 1.29 is 23.9 Å². The highest BCUT2D eigenvalue weighted by atomic mass is 35.5. The van der Waals surface area contributed by atoms with Crippen molar-refractivity contribution in [2.45, 2.75) is 0 Å². The molecule has 0 unspecified atom stereocenters. The van der Waals surface area contributed by atoms with Crippen LogP contribution in [0, 0.1) is 0 Å². The monoisotopic (exact) mass is 379 g/mol. The quantitative estimate of drug-likeness (QED) is 0.716. The number of anilines is 1. The van der Waals surface area contributed by atoms with Gasteiger partial charge in [-0.2, -0.15) is 0 Å². The minimum atomic E-state index is -0.709. The van der Waals surface area contributed by atoms with E-state index in [1.165, 1.54) is 26.4 Å². The van der Waals surface area contributed by atoms with Crippen LogP contribution in [0.1, 0.15) is 10.5 Å². The van der Waals surface area contributed by atoms with E-state index in [4.69, 9.17) is 21.1 Å². The molecule has 26 heavy (non-hydrogen) atoms. The molecule has 138 valence electrons. The molecular formula is C17H18ClN3O5. The van der Waals surface area contributed by atoms with Crippen molar-refractivity contribution in [2.24, 2.45) is 0 Å². The largest absolute Gasteiger partial charge is 0.497 e. The highest BCUT2D eigenvalue weighted by Crippen LogP contribution is 2.16. The summed E-state index contributed by atoms with van der Waals surface area (Å²) in [4.78, 5) is 39.5. The second-order valence-corrected chi connectivity index (χ2v) is 5.77. The summed E-state index contributed by atoms with van der Waals surface area (Å²) < 4.78 is 9.96. The molecular weight excluding hydrogens is 362 g/mol. The van der Waals surface area contributed by atoms with Crippen molar-refractivity contribution in [3.63, 3.8) is 0 Å². The van der Waals surface area contributed by atoms with Crippen molar-refractivity contribution in [1.29, 1.82) is 0 Å². The number of esters is 1. The molecule has 2 amide bonds. The SMILES string of the molecule is COc1cccc(NC(=O)CN(C)C(=O)COC(=O)c2cc(Cl)c[nH]2)c1. The smallest absolute Gasteiger partial charge is 0.355 e. The predicted molar refractivity (Wildman–Crippen MR) is 95.3 cm³/mol. The van der Waals surface area contributed by atoms with Gasteiger partial charge in [-0.1, -0.05) is 17.7 Å². The number of likely N-dealkylation sites (N-methyl/N-ethyl adjacent to an activating group) is 1. The number of hydrogen-bond acceptors (Lipinski definition) is 5. The lowest BCUT2D eigenvalue weighted by Gasteiger charge is -2.16. The molecule has 0 atom stereocenters. The van der Waals surface area contributed by atoms with Gasteiger partial charge in [0.15, 0.2) is 6.61 Å². The van der Waals surface area contributed by atoms with Gasteiger partial charge < -0.3 is 24.7 Å². The summed E-state index contributed by atoms with van der Waals surface area (Å²) in [5, 5.41) is 3.01. The molecule has 0 saturated heterocycles. The fourth-order valence-electron chi connectivity index (χ4n) is 2.01. The Morgan fingerprint density at radius 1 is 1.27 bits per heavy atom. The van der Waals surface area contributed by atoms with Gasteiger partial charge in [-0.15, -0.1) is 0 Å². The number of hydrogen-bond donors (Lipinski definition) is 2. The molecule has 8 nitrogen and oxygen atoms in total. The van der Waals surface area contributed by atoms with Crippen molar-refractivity contribution in [3.05, 3.63) is 47.2 Å². The van der Waals surface area contributed by atoms with Crippen LogP contribution in [0.25, 0.3) is 0 Å². The van der Waals surface area contributed by atoms with Crippen LogP contribution in [-0.4, -0.2) is 55.0 Å². The van der Waals surface area contributed by atoms with Crippen molar-refractivity contribution in [2.75, 3.05) is 32.6 Å². The third kappa shape index (κ3) is 5.52. The van der Waals surface area contributed by atoms with Crippen LogP contribution in [-0.2, 0) is 14.3 Å². The van der Waals surface area contributed by atoms with Crippen LogP contribution < -0.4 is 10.1 Å². The third-order valence-electron chi connectivity index (χ3n) is 3.35. The molecule has 2 N–H and O–H groups in total. The number of aromatic amines is 1. The van der Waals surface area contributed by atoms with Gasteiger partial charge in [0.2, 0.25) is 5.91 Å². The lowest BCUT2D eigenvalue weighted by molar-refractivity contribution is -0.136. The minimum Gasteiger partial charge on any atom is -0.497 e. The van der Waals surface area contributed by atoms with Crippen LogP contribution in [0.5, 0.6) is 5.75 Å². The summed E-state index contributed by atoms with van der Waals surface area (Å²) in [6.45, 7) is -0.680. The molecule has 0 fully saturated rings. The maximum atomic E-state index is 12.0. The number of ether oxygens (including phenoxy) is 2. The highest BCUT2D eigenvalue weighted by Gasteiger charge is 2.17. The zero-order chi connectivity index (χ0) is 19.1. The normalized spacial score (nSPS) is 10.1. The van der Waals surface area contributed by atoms with E-state index in [-0.39, 0.29) is 12.2 Å². The molecule has 2 rings (SSSR count). The van der Waals surface area contributed by atoms with E-state index >= 15 is 0 Å². The Bertz CT molecular complexity index is 805. The van der Waals surface area contributed by atoms with Crippen molar-refractivity contribution >= 4 is 35.1 Å². The van der Waals surface area contributed by atoms with E-state index in [2.05, 4.69) is 10.3 Å². The predicted octanol–water partition coefficient (Wildman–Crippen LogP) is 1.93. The molecule has 1 aromatic heterocycles. The number of halogens is 1. The number of carbonyl (C=O) groups is 3. The molecule has 0 spiro atoms. The minimum absolute atomic E-state index is 0.140. The number of nitrogens with zero attached hydrogens (tertiary/aromatic N) is 1. The van der Waals surface area contributed by atoms with E-state index in [0.29, 0.717) is 16.5 Å². The first kappa shape index (κ1) is 19.3. The van der Waals surface area contributed by atoms with Crippen molar-refractivity contribution in [3.8, 4) is 5.75 Å². The average Bonchev–Trinajstić information content (AvgIpc) is 3.05. The lowest BCUT2D eigenvalue weighted by atomic mass is 10.3. The first-order valence-electron chi connectivity index (χ1n) is 7.58. The van der Waals surface area contributed by atoms with Crippen LogP contribution in [0.2, 0.25) is 5.02 Å². The van der Waals surface area contributed by atoms with E-state index in [9.17, 15) is 14.4 Å². The van der Waals surface area contributed by atoms with E-state index in [1.807, 2.05) is 0 Å². The van der Waals surface area contributed by atoms with Crippen LogP contribution in [0.4, 0.5) is 5.69 Å². The first-order chi connectivity index (χ1) is 12.4. The Kier molecular flexibility index (Phi) is 6.62. The second-order valence-electron chi connectivity index (χ2n) is 5.34. The number of amides is 2. The number of aromatic nitrogens is 1. The van der Waals surface area contributed by atoms with Gasteiger partial charge in [-0.3, -0.25) is 9.59 Å². The zero-order valence-electron chi connectivity index (χ0n) is 14.2. The van der Waals surface area contributed by atoms with E-state index in [1.54, 1.807) is 24.3 Å². The molecule has 0 aliphatic carbocycles. The average molecular weight is 380 g/mol. The summed E-state index contributed by atoms with van der Waals surface area (Å²) in [6.07, 6.45) is 1.43. The zero-order valence-corrected chi connectivity index (χ0v) is 15.0. The standard InChI is InChI=1S/C17H18ClN3O5/c1-21(9-15(22)20-12-4-3-5-13(7-12)25-2)16(23)10-26-17(24)14-6-11(18)8-19-14/h3-8,19H,9-10H2,1-2H3,(H,20,22). The molecule has 0 bridgehead atoms. The maximum Gasteiger partial charge on any atom is 0.355 e. The molecule has 1 heterocycles. The van der Waals surface area contributed by atoms with Crippen LogP contribution in [0.15, 0.2) is 36.5 Å². The number of benzene rings is 1. The van der Waals surface area contributed by atoms with Crippen LogP contribution in [0.3, 0.4) is 0 Å².